The lowest BCUT2D eigenvalue weighted by Crippen LogP contribution is -2.21. The van der Waals surface area contributed by atoms with Crippen molar-refractivity contribution in [3.8, 4) is 0 Å². The second-order valence-electron chi connectivity index (χ2n) is 5.81. The number of rotatable bonds is 6. The second kappa shape index (κ2) is 7.72. The van der Waals surface area contributed by atoms with Crippen LogP contribution in [0.4, 0.5) is 11.5 Å². The fourth-order valence-corrected chi connectivity index (χ4v) is 2.20. The number of carbonyl (C=O) groups is 1. The van der Waals surface area contributed by atoms with Gasteiger partial charge in [0, 0.05) is 19.3 Å². The number of aromatic nitrogens is 2. The molecule has 0 aliphatic heterocycles. The summed E-state index contributed by atoms with van der Waals surface area (Å²) in [4.78, 5) is 22.9. The van der Waals surface area contributed by atoms with Gasteiger partial charge in [0.05, 0.1) is 12.4 Å². The average Bonchev–Trinajstić information content (AvgIpc) is 2.56. The van der Waals surface area contributed by atoms with E-state index in [0.717, 1.165) is 42.0 Å². The molecule has 1 aromatic carbocycles. The van der Waals surface area contributed by atoms with Crippen molar-refractivity contribution in [3.63, 3.8) is 0 Å². The third-order valence-corrected chi connectivity index (χ3v) is 3.75. The molecular weight excluding hydrogens is 288 g/mol. The van der Waals surface area contributed by atoms with E-state index in [9.17, 15) is 4.79 Å². The van der Waals surface area contributed by atoms with Crippen LogP contribution in [-0.4, -0.2) is 29.5 Å². The Morgan fingerprint density at radius 1 is 1.22 bits per heavy atom. The first-order valence-electron chi connectivity index (χ1n) is 7.93. The van der Waals surface area contributed by atoms with Crippen LogP contribution in [0.25, 0.3) is 0 Å². The molecule has 0 radical (unpaired) electrons. The number of hydrogen-bond acceptors (Lipinski definition) is 4. The Labute approximate surface area is 137 Å². The van der Waals surface area contributed by atoms with Crippen LogP contribution in [0.15, 0.2) is 30.6 Å². The lowest BCUT2D eigenvalue weighted by Gasteiger charge is -2.17. The average molecular weight is 312 g/mol. The largest absolute Gasteiger partial charge is 0.358 e. The van der Waals surface area contributed by atoms with Crippen LogP contribution in [0, 0.1) is 13.8 Å². The molecule has 2 rings (SSSR count). The van der Waals surface area contributed by atoms with Gasteiger partial charge in [-0.05, 0) is 37.5 Å². The van der Waals surface area contributed by atoms with Gasteiger partial charge < -0.3 is 10.2 Å². The molecule has 23 heavy (non-hydrogen) atoms. The molecule has 1 N–H and O–H groups in total. The van der Waals surface area contributed by atoms with Gasteiger partial charge in [0.1, 0.15) is 11.5 Å². The first-order valence-corrected chi connectivity index (χ1v) is 7.93. The van der Waals surface area contributed by atoms with E-state index in [1.165, 1.54) is 6.20 Å². The van der Waals surface area contributed by atoms with Gasteiger partial charge in [0.15, 0.2) is 0 Å². The highest BCUT2D eigenvalue weighted by atomic mass is 16.1. The Balaban J connectivity index is 2.07. The normalized spacial score (nSPS) is 10.4. The van der Waals surface area contributed by atoms with Crippen LogP contribution in [0.3, 0.4) is 0 Å². The number of amides is 1. The van der Waals surface area contributed by atoms with Crippen molar-refractivity contribution >= 4 is 17.4 Å². The van der Waals surface area contributed by atoms with E-state index in [1.807, 2.05) is 44.0 Å². The molecule has 1 amide bonds. The lowest BCUT2D eigenvalue weighted by atomic mass is 10.1. The summed E-state index contributed by atoms with van der Waals surface area (Å²) in [7, 11) is 1.98. The van der Waals surface area contributed by atoms with Crippen molar-refractivity contribution < 1.29 is 4.79 Å². The molecule has 0 aliphatic rings. The zero-order valence-corrected chi connectivity index (χ0v) is 14.3. The quantitative estimate of drug-likeness (QED) is 0.885. The van der Waals surface area contributed by atoms with E-state index in [-0.39, 0.29) is 5.91 Å². The van der Waals surface area contributed by atoms with E-state index in [2.05, 4.69) is 22.2 Å². The van der Waals surface area contributed by atoms with Crippen LogP contribution in [0.1, 0.15) is 41.4 Å². The predicted molar refractivity (Wildman–Crippen MR) is 94.1 cm³/mol. The van der Waals surface area contributed by atoms with Gasteiger partial charge in [-0.15, -0.1) is 0 Å². The minimum Gasteiger partial charge on any atom is -0.358 e. The van der Waals surface area contributed by atoms with Crippen molar-refractivity contribution in [3.05, 3.63) is 47.4 Å². The minimum absolute atomic E-state index is 0.242. The summed E-state index contributed by atoms with van der Waals surface area (Å²) in [6.07, 6.45) is 5.41. The standard InChI is InChI=1S/C18H24N4O/c1-5-6-9-22(4)17-12-19-16(11-20-17)18(23)21-15-10-13(2)7-8-14(15)3/h7-8,10-12H,5-6,9H2,1-4H3,(H,21,23). The van der Waals surface area contributed by atoms with Crippen molar-refractivity contribution in [2.45, 2.75) is 33.6 Å². The van der Waals surface area contributed by atoms with Crippen LogP contribution >= 0.6 is 0 Å². The molecule has 0 atom stereocenters. The van der Waals surface area contributed by atoms with E-state index < -0.39 is 0 Å². The molecule has 0 saturated heterocycles. The first kappa shape index (κ1) is 16.9. The summed E-state index contributed by atoms with van der Waals surface area (Å²) in [5.41, 5.74) is 3.25. The summed E-state index contributed by atoms with van der Waals surface area (Å²) in [6.45, 7) is 7.04. The Hall–Kier alpha value is -2.43. The summed E-state index contributed by atoms with van der Waals surface area (Å²) in [5, 5.41) is 2.90. The summed E-state index contributed by atoms with van der Waals surface area (Å²) in [5.74, 6) is 0.538. The SMILES string of the molecule is CCCCN(C)c1cnc(C(=O)Nc2cc(C)ccc2C)cn1. The van der Waals surface area contributed by atoms with Gasteiger partial charge in [-0.25, -0.2) is 9.97 Å². The number of benzene rings is 1. The van der Waals surface area contributed by atoms with Crippen LogP contribution in [0.5, 0.6) is 0 Å². The molecule has 5 nitrogen and oxygen atoms in total. The number of aryl methyl sites for hydroxylation is 2. The Bertz CT molecular complexity index is 667. The predicted octanol–water partition coefficient (Wildman–Crippen LogP) is 3.58. The summed E-state index contributed by atoms with van der Waals surface area (Å²) < 4.78 is 0. The van der Waals surface area contributed by atoms with Gasteiger partial charge >= 0.3 is 0 Å². The molecular formula is C18H24N4O. The van der Waals surface area contributed by atoms with Crippen molar-refractivity contribution in [2.75, 3.05) is 23.8 Å². The van der Waals surface area contributed by atoms with Gasteiger partial charge in [0.25, 0.3) is 5.91 Å². The molecule has 0 aliphatic carbocycles. The number of nitrogens with zero attached hydrogens (tertiary/aromatic N) is 3. The second-order valence-corrected chi connectivity index (χ2v) is 5.81. The smallest absolute Gasteiger partial charge is 0.275 e. The van der Waals surface area contributed by atoms with Crippen molar-refractivity contribution in [1.29, 1.82) is 0 Å². The summed E-state index contributed by atoms with van der Waals surface area (Å²) in [6, 6.07) is 5.96. The molecule has 0 bridgehead atoms. The summed E-state index contributed by atoms with van der Waals surface area (Å²) >= 11 is 0. The maximum atomic E-state index is 12.3. The highest BCUT2D eigenvalue weighted by Gasteiger charge is 2.11. The Morgan fingerprint density at radius 2 is 2.00 bits per heavy atom. The first-order chi connectivity index (χ1) is 11.0. The third kappa shape index (κ3) is 4.52. The highest BCUT2D eigenvalue weighted by Crippen LogP contribution is 2.17. The van der Waals surface area contributed by atoms with Gasteiger partial charge in [0.2, 0.25) is 0 Å². The molecule has 122 valence electrons. The molecule has 2 aromatic rings. The van der Waals surface area contributed by atoms with Crippen molar-refractivity contribution in [1.82, 2.24) is 9.97 Å². The molecule has 1 aromatic heterocycles. The zero-order valence-electron chi connectivity index (χ0n) is 14.3. The molecule has 0 saturated carbocycles. The molecule has 1 heterocycles. The van der Waals surface area contributed by atoms with Crippen LogP contribution in [-0.2, 0) is 0 Å². The molecule has 0 fully saturated rings. The van der Waals surface area contributed by atoms with E-state index in [0.29, 0.717) is 5.69 Å². The number of carbonyl (C=O) groups excluding carboxylic acids is 1. The number of hydrogen-bond donors (Lipinski definition) is 1. The topological polar surface area (TPSA) is 58.1 Å². The monoisotopic (exact) mass is 312 g/mol. The fraction of sp³-hybridized carbons (Fsp3) is 0.389. The van der Waals surface area contributed by atoms with E-state index in [4.69, 9.17) is 0 Å². The van der Waals surface area contributed by atoms with E-state index in [1.54, 1.807) is 6.20 Å². The highest BCUT2D eigenvalue weighted by molar-refractivity contribution is 6.03. The Kier molecular flexibility index (Phi) is 5.68. The maximum absolute atomic E-state index is 12.3. The number of anilines is 2. The zero-order chi connectivity index (χ0) is 16.8. The number of unbranched alkanes of at least 4 members (excludes halogenated alkanes) is 1. The Morgan fingerprint density at radius 3 is 2.65 bits per heavy atom. The molecule has 5 heteroatoms. The van der Waals surface area contributed by atoms with Crippen LogP contribution in [0.2, 0.25) is 0 Å². The van der Waals surface area contributed by atoms with Gasteiger partial charge in [-0.2, -0.15) is 0 Å². The van der Waals surface area contributed by atoms with Crippen molar-refractivity contribution in [2.24, 2.45) is 0 Å². The van der Waals surface area contributed by atoms with Gasteiger partial charge in [-0.1, -0.05) is 25.5 Å². The van der Waals surface area contributed by atoms with Gasteiger partial charge in [-0.3, -0.25) is 4.79 Å². The minimum atomic E-state index is -0.242. The van der Waals surface area contributed by atoms with Crippen LogP contribution < -0.4 is 10.2 Å². The lowest BCUT2D eigenvalue weighted by molar-refractivity contribution is 0.102. The molecule has 0 unspecified atom stereocenters. The molecule has 0 spiro atoms. The van der Waals surface area contributed by atoms with E-state index >= 15 is 0 Å². The fourth-order valence-electron chi connectivity index (χ4n) is 2.20. The number of nitrogens with one attached hydrogen (secondary N) is 1. The maximum Gasteiger partial charge on any atom is 0.275 e. The third-order valence-electron chi connectivity index (χ3n) is 3.75.